The standard InChI is InChI=1S/C10H8FN3O.C2H6/c1-7(15)9-3-2-8(11)6-10(9)14-12-4-5-13-14;1-2/h2-6H,1H3;1-2H3. The van der Waals surface area contributed by atoms with E-state index >= 15 is 0 Å². The van der Waals surface area contributed by atoms with Crippen LogP contribution in [0, 0.1) is 5.82 Å². The Morgan fingerprint density at radius 3 is 2.35 bits per heavy atom. The van der Waals surface area contributed by atoms with E-state index < -0.39 is 5.82 Å². The highest BCUT2D eigenvalue weighted by molar-refractivity contribution is 5.97. The van der Waals surface area contributed by atoms with Gasteiger partial charge in [-0.1, -0.05) is 13.8 Å². The highest BCUT2D eigenvalue weighted by Gasteiger charge is 2.10. The molecule has 0 N–H and O–H groups in total. The number of hydrogen-bond donors (Lipinski definition) is 0. The van der Waals surface area contributed by atoms with Gasteiger partial charge in [0.2, 0.25) is 0 Å². The van der Waals surface area contributed by atoms with Crippen LogP contribution in [-0.4, -0.2) is 20.8 Å². The molecular formula is C12H14FN3O. The maximum atomic E-state index is 13.0. The van der Waals surface area contributed by atoms with Crippen LogP contribution in [0.3, 0.4) is 0 Å². The fourth-order valence-corrected chi connectivity index (χ4v) is 1.31. The minimum absolute atomic E-state index is 0.151. The van der Waals surface area contributed by atoms with Gasteiger partial charge >= 0.3 is 0 Å². The first-order valence-corrected chi connectivity index (χ1v) is 5.35. The Morgan fingerprint density at radius 1 is 1.24 bits per heavy atom. The molecule has 2 aromatic rings. The number of hydrogen-bond acceptors (Lipinski definition) is 3. The van der Waals surface area contributed by atoms with Crippen molar-refractivity contribution in [3.05, 3.63) is 42.0 Å². The second kappa shape index (κ2) is 5.89. The van der Waals surface area contributed by atoms with Crippen molar-refractivity contribution in [2.75, 3.05) is 0 Å². The molecule has 0 spiro atoms. The third kappa shape index (κ3) is 2.96. The molecule has 0 bridgehead atoms. The molecule has 90 valence electrons. The van der Waals surface area contributed by atoms with Crippen molar-refractivity contribution >= 4 is 5.78 Å². The van der Waals surface area contributed by atoms with Gasteiger partial charge in [0.25, 0.3) is 0 Å². The molecule has 0 aliphatic carbocycles. The van der Waals surface area contributed by atoms with Crippen LogP contribution in [-0.2, 0) is 0 Å². The van der Waals surface area contributed by atoms with Gasteiger partial charge in [-0.2, -0.15) is 15.0 Å². The molecule has 17 heavy (non-hydrogen) atoms. The fourth-order valence-electron chi connectivity index (χ4n) is 1.31. The molecule has 1 aromatic carbocycles. The summed E-state index contributed by atoms with van der Waals surface area (Å²) in [5.41, 5.74) is 0.750. The molecule has 2 rings (SSSR count). The monoisotopic (exact) mass is 235 g/mol. The zero-order valence-corrected chi connectivity index (χ0v) is 10.0. The summed E-state index contributed by atoms with van der Waals surface area (Å²) < 4.78 is 13.0. The number of nitrogens with zero attached hydrogens (tertiary/aromatic N) is 3. The number of ketones is 1. The van der Waals surface area contributed by atoms with E-state index in [4.69, 9.17) is 0 Å². The summed E-state index contributed by atoms with van der Waals surface area (Å²) in [6, 6.07) is 3.90. The van der Waals surface area contributed by atoms with Crippen molar-refractivity contribution in [1.82, 2.24) is 15.0 Å². The van der Waals surface area contributed by atoms with Crippen molar-refractivity contribution in [2.45, 2.75) is 20.8 Å². The van der Waals surface area contributed by atoms with Crippen molar-refractivity contribution in [1.29, 1.82) is 0 Å². The first-order chi connectivity index (χ1) is 8.18. The van der Waals surface area contributed by atoms with Gasteiger partial charge in [-0.25, -0.2) is 4.39 Å². The number of benzene rings is 1. The van der Waals surface area contributed by atoms with E-state index in [-0.39, 0.29) is 5.78 Å². The molecule has 0 saturated heterocycles. The highest BCUT2D eigenvalue weighted by atomic mass is 19.1. The lowest BCUT2D eigenvalue weighted by molar-refractivity contribution is 0.101. The number of carbonyl (C=O) groups is 1. The molecule has 0 saturated carbocycles. The van der Waals surface area contributed by atoms with E-state index in [0.717, 1.165) is 0 Å². The van der Waals surface area contributed by atoms with Crippen LogP contribution in [0.15, 0.2) is 30.6 Å². The molecule has 0 aliphatic heterocycles. The van der Waals surface area contributed by atoms with Gasteiger partial charge in [0, 0.05) is 11.6 Å². The van der Waals surface area contributed by atoms with Crippen LogP contribution in [0.4, 0.5) is 4.39 Å². The first kappa shape index (κ1) is 13.0. The maximum Gasteiger partial charge on any atom is 0.162 e. The number of halogens is 1. The second-order valence-electron chi connectivity index (χ2n) is 3.04. The van der Waals surface area contributed by atoms with Crippen LogP contribution < -0.4 is 0 Å². The zero-order chi connectivity index (χ0) is 12.8. The normalized spacial score (nSPS) is 9.41. The highest BCUT2D eigenvalue weighted by Crippen LogP contribution is 2.14. The first-order valence-electron chi connectivity index (χ1n) is 5.35. The average Bonchev–Trinajstić information content (AvgIpc) is 2.84. The molecule has 0 radical (unpaired) electrons. The Hall–Kier alpha value is -2.04. The molecular weight excluding hydrogens is 221 g/mol. The molecule has 1 heterocycles. The summed E-state index contributed by atoms with van der Waals surface area (Å²) in [4.78, 5) is 12.5. The smallest absolute Gasteiger partial charge is 0.162 e. The van der Waals surface area contributed by atoms with Gasteiger partial charge in [-0.05, 0) is 19.1 Å². The molecule has 1 aromatic heterocycles. The van der Waals surface area contributed by atoms with Gasteiger partial charge in [-0.3, -0.25) is 4.79 Å². The summed E-state index contributed by atoms with van der Waals surface area (Å²) in [7, 11) is 0. The zero-order valence-electron chi connectivity index (χ0n) is 10.0. The average molecular weight is 235 g/mol. The predicted molar refractivity (Wildman–Crippen MR) is 62.7 cm³/mol. The minimum Gasteiger partial charge on any atom is -0.294 e. The topological polar surface area (TPSA) is 47.8 Å². The van der Waals surface area contributed by atoms with Gasteiger partial charge in [0.05, 0.1) is 18.1 Å². The number of aromatic nitrogens is 3. The lowest BCUT2D eigenvalue weighted by Crippen LogP contribution is -2.06. The number of rotatable bonds is 2. The Bertz CT molecular complexity index is 494. The van der Waals surface area contributed by atoms with Gasteiger partial charge in [0.1, 0.15) is 5.82 Å². The molecule has 5 heteroatoms. The van der Waals surface area contributed by atoms with E-state index in [2.05, 4.69) is 10.2 Å². The molecule has 0 amide bonds. The van der Waals surface area contributed by atoms with E-state index in [1.54, 1.807) is 0 Å². The summed E-state index contributed by atoms with van der Waals surface area (Å²) in [6.45, 7) is 5.42. The van der Waals surface area contributed by atoms with Crippen LogP contribution in [0.5, 0.6) is 0 Å². The van der Waals surface area contributed by atoms with Crippen molar-refractivity contribution < 1.29 is 9.18 Å². The minimum atomic E-state index is -0.424. The van der Waals surface area contributed by atoms with Crippen LogP contribution in [0.25, 0.3) is 5.69 Å². The molecule has 0 fully saturated rings. The van der Waals surface area contributed by atoms with E-state index in [1.165, 1.54) is 42.3 Å². The SMILES string of the molecule is CC.CC(=O)c1ccc(F)cc1-n1nccn1. The third-order valence-electron chi connectivity index (χ3n) is 1.97. The molecule has 0 aliphatic rings. The maximum absolute atomic E-state index is 13.0. The van der Waals surface area contributed by atoms with Crippen LogP contribution in [0.2, 0.25) is 0 Å². The van der Waals surface area contributed by atoms with E-state index in [9.17, 15) is 9.18 Å². The van der Waals surface area contributed by atoms with E-state index in [1.807, 2.05) is 13.8 Å². The van der Waals surface area contributed by atoms with Crippen molar-refractivity contribution in [3.8, 4) is 5.69 Å². The Balaban J connectivity index is 0.000000686. The van der Waals surface area contributed by atoms with Gasteiger partial charge in [0.15, 0.2) is 5.78 Å². The Morgan fingerprint density at radius 2 is 1.82 bits per heavy atom. The predicted octanol–water partition coefficient (Wildman–Crippen LogP) is 2.64. The number of carbonyl (C=O) groups excluding carboxylic acids is 1. The van der Waals surface area contributed by atoms with E-state index in [0.29, 0.717) is 11.3 Å². The summed E-state index contributed by atoms with van der Waals surface area (Å²) in [5.74, 6) is -0.574. The van der Waals surface area contributed by atoms with Crippen LogP contribution >= 0.6 is 0 Å². The Kier molecular flexibility index (Phi) is 4.51. The molecule has 4 nitrogen and oxygen atoms in total. The summed E-state index contributed by atoms with van der Waals surface area (Å²) in [6.07, 6.45) is 2.93. The summed E-state index contributed by atoms with van der Waals surface area (Å²) >= 11 is 0. The van der Waals surface area contributed by atoms with Gasteiger partial charge < -0.3 is 0 Å². The van der Waals surface area contributed by atoms with Gasteiger partial charge in [-0.15, -0.1) is 0 Å². The molecule has 0 atom stereocenters. The fraction of sp³-hybridized carbons (Fsp3) is 0.250. The van der Waals surface area contributed by atoms with Crippen molar-refractivity contribution in [2.24, 2.45) is 0 Å². The quantitative estimate of drug-likeness (QED) is 0.752. The number of Topliss-reactive ketones (excluding diaryl/α,β-unsaturated/α-hetero) is 1. The lowest BCUT2D eigenvalue weighted by atomic mass is 10.1. The summed E-state index contributed by atoms with van der Waals surface area (Å²) in [5, 5.41) is 7.71. The third-order valence-corrected chi connectivity index (χ3v) is 1.97. The second-order valence-corrected chi connectivity index (χ2v) is 3.04. The molecule has 0 unspecified atom stereocenters. The lowest BCUT2D eigenvalue weighted by Gasteiger charge is -2.05. The Labute approximate surface area is 99.1 Å². The largest absolute Gasteiger partial charge is 0.294 e. The van der Waals surface area contributed by atoms with Crippen molar-refractivity contribution in [3.63, 3.8) is 0 Å². The van der Waals surface area contributed by atoms with Crippen LogP contribution in [0.1, 0.15) is 31.1 Å².